The van der Waals surface area contributed by atoms with Crippen molar-refractivity contribution in [1.82, 2.24) is 0 Å². The molecule has 20 heavy (non-hydrogen) atoms. The Balaban J connectivity index is 2.01. The van der Waals surface area contributed by atoms with Crippen LogP contribution in [0.25, 0.3) is 0 Å². The van der Waals surface area contributed by atoms with Crippen molar-refractivity contribution in [3.05, 3.63) is 58.1 Å². The quantitative estimate of drug-likeness (QED) is 0.810. The van der Waals surface area contributed by atoms with Crippen molar-refractivity contribution in [1.29, 1.82) is 0 Å². The third-order valence-electron chi connectivity index (χ3n) is 2.74. The first kappa shape index (κ1) is 15.2. The minimum Gasteiger partial charge on any atom is -0.326 e. The van der Waals surface area contributed by atoms with Crippen LogP contribution < -0.4 is 5.32 Å². The van der Waals surface area contributed by atoms with Gasteiger partial charge in [-0.1, -0.05) is 29.3 Å². The molecule has 2 rings (SSSR count). The Bertz CT molecular complexity index is 614. The van der Waals surface area contributed by atoms with Gasteiger partial charge < -0.3 is 5.32 Å². The van der Waals surface area contributed by atoms with E-state index in [1.807, 2.05) is 30.5 Å². The fraction of sp³-hybridized carbons (Fsp3) is 0.133. The third-order valence-corrected chi connectivity index (χ3v) is 4.07. The molecule has 1 amide bonds. The highest BCUT2D eigenvalue weighted by Crippen LogP contribution is 2.22. The monoisotopic (exact) mass is 325 g/mol. The Morgan fingerprint density at radius 2 is 1.85 bits per heavy atom. The van der Waals surface area contributed by atoms with Crippen molar-refractivity contribution in [2.24, 2.45) is 0 Å². The SMILES string of the molecule is CSc1ccc(NC(=O)Cc2ccc(Cl)cc2Cl)cc1. The predicted molar refractivity (Wildman–Crippen MR) is 87.0 cm³/mol. The van der Waals surface area contributed by atoms with Gasteiger partial charge in [-0.05, 0) is 48.2 Å². The molecule has 0 aliphatic heterocycles. The fourth-order valence-corrected chi connectivity index (χ4v) is 2.60. The smallest absolute Gasteiger partial charge is 0.228 e. The van der Waals surface area contributed by atoms with E-state index in [1.165, 1.54) is 0 Å². The fourth-order valence-electron chi connectivity index (χ4n) is 1.72. The molecule has 0 radical (unpaired) electrons. The zero-order valence-electron chi connectivity index (χ0n) is 10.8. The lowest BCUT2D eigenvalue weighted by Crippen LogP contribution is -2.14. The second kappa shape index (κ2) is 7.02. The average molecular weight is 326 g/mol. The number of halogens is 2. The van der Waals surface area contributed by atoms with Crippen molar-refractivity contribution in [2.75, 3.05) is 11.6 Å². The molecule has 0 heterocycles. The van der Waals surface area contributed by atoms with Crippen LogP contribution >= 0.6 is 35.0 Å². The van der Waals surface area contributed by atoms with Gasteiger partial charge in [-0.3, -0.25) is 4.79 Å². The van der Waals surface area contributed by atoms with Crippen LogP contribution in [0.4, 0.5) is 5.69 Å². The van der Waals surface area contributed by atoms with Gasteiger partial charge in [0.25, 0.3) is 0 Å². The van der Waals surface area contributed by atoms with E-state index in [1.54, 1.807) is 30.0 Å². The van der Waals surface area contributed by atoms with E-state index < -0.39 is 0 Å². The molecule has 2 aromatic rings. The lowest BCUT2D eigenvalue weighted by molar-refractivity contribution is -0.115. The van der Waals surface area contributed by atoms with Crippen molar-refractivity contribution < 1.29 is 4.79 Å². The number of rotatable bonds is 4. The minimum absolute atomic E-state index is 0.105. The predicted octanol–water partition coefficient (Wildman–Crippen LogP) is 4.90. The molecule has 2 nitrogen and oxygen atoms in total. The summed E-state index contributed by atoms with van der Waals surface area (Å²) in [4.78, 5) is 13.1. The van der Waals surface area contributed by atoms with Crippen LogP contribution in [0.3, 0.4) is 0 Å². The van der Waals surface area contributed by atoms with Crippen LogP contribution in [0.15, 0.2) is 47.4 Å². The molecule has 0 atom stereocenters. The van der Waals surface area contributed by atoms with E-state index in [9.17, 15) is 4.79 Å². The number of hydrogen-bond donors (Lipinski definition) is 1. The van der Waals surface area contributed by atoms with Crippen molar-refractivity contribution in [3.8, 4) is 0 Å². The molecule has 104 valence electrons. The normalized spacial score (nSPS) is 10.3. The second-order valence-electron chi connectivity index (χ2n) is 4.19. The highest BCUT2D eigenvalue weighted by molar-refractivity contribution is 7.98. The van der Waals surface area contributed by atoms with E-state index in [4.69, 9.17) is 23.2 Å². The van der Waals surface area contributed by atoms with Crippen LogP contribution in [0.1, 0.15) is 5.56 Å². The van der Waals surface area contributed by atoms with Crippen LogP contribution in [0, 0.1) is 0 Å². The third kappa shape index (κ3) is 4.17. The molecule has 5 heteroatoms. The second-order valence-corrected chi connectivity index (χ2v) is 5.91. The van der Waals surface area contributed by atoms with Gasteiger partial charge in [-0.25, -0.2) is 0 Å². The highest BCUT2D eigenvalue weighted by atomic mass is 35.5. The maximum absolute atomic E-state index is 12.0. The van der Waals surface area contributed by atoms with E-state index in [2.05, 4.69) is 5.32 Å². The number of benzene rings is 2. The Labute approximate surface area is 132 Å². The van der Waals surface area contributed by atoms with E-state index in [0.717, 1.165) is 16.1 Å². The molecule has 0 bridgehead atoms. The molecule has 0 spiro atoms. The van der Waals surface area contributed by atoms with Crippen LogP contribution in [0.2, 0.25) is 10.0 Å². The number of anilines is 1. The maximum Gasteiger partial charge on any atom is 0.228 e. The van der Waals surface area contributed by atoms with Crippen LogP contribution in [-0.4, -0.2) is 12.2 Å². The largest absolute Gasteiger partial charge is 0.326 e. The minimum atomic E-state index is -0.105. The summed E-state index contributed by atoms with van der Waals surface area (Å²) < 4.78 is 0. The molecule has 2 aromatic carbocycles. The van der Waals surface area contributed by atoms with Gasteiger partial charge in [0, 0.05) is 20.6 Å². The number of hydrogen-bond acceptors (Lipinski definition) is 2. The van der Waals surface area contributed by atoms with Crippen molar-refractivity contribution in [2.45, 2.75) is 11.3 Å². The van der Waals surface area contributed by atoms with Gasteiger partial charge in [0.05, 0.1) is 6.42 Å². The first-order valence-electron chi connectivity index (χ1n) is 5.96. The summed E-state index contributed by atoms with van der Waals surface area (Å²) in [5.41, 5.74) is 1.53. The van der Waals surface area contributed by atoms with E-state index in [0.29, 0.717) is 10.0 Å². The van der Waals surface area contributed by atoms with Gasteiger partial charge in [0.1, 0.15) is 0 Å². The van der Waals surface area contributed by atoms with Crippen molar-refractivity contribution >= 4 is 46.6 Å². The number of thioether (sulfide) groups is 1. The lowest BCUT2D eigenvalue weighted by atomic mass is 10.1. The highest BCUT2D eigenvalue weighted by Gasteiger charge is 2.08. The van der Waals surface area contributed by atoms with Crippen LogP contribution in [-0.2, 0) is 11.2 Å². The summed E-state index contributed by atoms with van der Waals surface area (Å²) in [6.07, 6.45) is 2.23. The zero-order chi connectivity index (χ0) is 14.5. The Hall–Kier alpha value is -1.16. The average Bonchev–Trinajstić information content (AvgIpc) is 2.43. The Morgan fingerprint density at radius 3 is 2.45 bits per heavy atom. The topological polar surface area (TPSA) is 29.1 Å². The lowest BCUT2D eigenvalue weighted by Gasteiger charge is -2.07. The molecule has 0 aliphatic carbocycles. The molecule has 0 aromatic heterocycles. The Morgan fingerprint density at radius 1 is 1.15 bits per heavy atom. The summed E-state index contributed by atoms with van der Waals surface area (Å²) in [5.74, 6) is -0.105. The first-order valence-corrected chi connectivity index (χ1v) is 7.94. The molecule has 0 aliphatic rings. The van der Waals surface area contributed by atoms with Gasteiger partial charge in [-0.2, -0.15) is 0 Å². The summed E-state index contributed by atoms with van der Waals surface area (Å²) in [6, 6.07) is 12.8. The zero-order valence-corrected chi connectivity index (χ0v) is 13.1. The molecule has 0 fully saturated rings. The molecule has 1 N–H and O–H groups in total. The first-order chi connectivity index (χ1) is 9.58. The summed E-state index contributed by atoms with van der Waals surface area (Å²) in [5, 5.41) is 3.91. The van der Waals surface area contributed by atoms with Gasteiger partial charge in [0.15, 0.2) is 0 Å². The van der Waals surface area contributed by atoms with Gasteiger partial charge in [0.2, 0.25) is 5.91 Å². The number of carbonyl (C=O) groups excluding carboxylic acids is 1. The van der Waals surface area contributed by atoms with Crippen molar-refractivity contribution in [3.63, 3.8) is 0 Å². The van der Waals surface area contributed by atoms with Crippen LogP contribution in [0.5, 0.6) is 0 Å². The molecular weight excluding hydrogens is 313 g/mol. The maximum atomic E-state index is 12.0. The number of amides is 1. The molecule has 0 saturated heterocycles. The number of carbonyl (C=O) groups is 1. The summed E-state index contributed by atoms with van der Waals surface area (Å²) in [7, 11) is 0. The standard InChI is InChI=1S/C15H13Cl2NOS/c1-20-13-6-4-12(5-7-13)18-15(19)8-10-2-3-11(16)9-14(10)17/h2-7,9H,8H2,1H3,(H,18,19). The summed E-state index contributed by atoms with van der Waals surface area (Å²) >= 11 is 13.5. The Kier molecular flexibility index (Phi) is 5.35. The van der Waals surface area contributed by atoms with Gasteiger partial charge in [-0.15, -0.1) is 11.8 Å². The number of nitrogens with one attached hydrogen (secondary N) is 1. The molecule has 0 unspecified atom stereocenters. The van der Waals surface area contributed by atoms with Gasteiger partial charge >= 0.3 is 0 Å². The van der Waals surface area contributed by atoms with E-state index >= 15 is 0 Å². The summed E-state index contributed by atoms with van der Waals surface area (Å²) in [6.45, 7) is 0. The molecular formula is C15H13Cl2NOS. The molecule has 0 saturated carbocycles. The van der Waals surface area contributed by atoms with E-state index in [-0.39, 0.29) is 12.3 Å².